The van der Waals surface area contributed by atoms with E-state index in [1.807, 2.05) is 9.80 Å². The molecule has 0 saturated carbocycles. The summed E-state index contributed by atoms with van der Waals surface area (Å²) in [5, 5.41) is 1.06. The van der Waals surface area contributed by atoms with E-state index in [0.29, 0.717) is 0 Å². The first kappa shape index (κ1) is 26.3. The highest BCUT2D eigenvalue weighted by Crippen LogP contribution is 2.11. The molecule has 0 aliphatic carbocycles. The van der Waals surface area contributed by atoms with Gasteiger partial charge in [0.1, 0.15) is 0 Å². The summed E-state index contributed by atoms with van der Waals surface area (Å²) in [5.41, 5.74) is 0. The summed E-state index contributed by atoms with van der Waals surface area (Å²) >= 11 is 1.77. The van der Waals surface area contributed by atoms with Crippen molar-refractivity contribution < 1.29 is 9.79 Å². The lowest BCUT2D eigenvalue weighted by atomic mass is 10.1. The zero-order valence-corrected chi connectivity index (χ0v) is 19.6. The lowest BCUT2D eigenvalue weighted by molar-refractivity contribution is -0.459. The van der Waals surface area contributed by atoms with Crippen LogP contribution in [-0.4, -0.2) is 52.9 Å². The lowest BCUT2D eigenvalue weighted by Crippen LogP contribution is -2.76. The Balaban J connectivity index is 4.95. The van der Waals surface area contributed by atoms with Crippen molar-refractivity contribution in [3.05, 3.63) is 0 Å². The van der Waals surface area contributed by atoms with Crippen molar-refractivity contribution in [2.24, 2.45) is 0 Å². The van der Waals surface area contributed by atoms with E-state index in [-0.39, 0.29) is 6.03 Å². The van der Waals surface area contributed by atoms with Crippen molar-refractivity contribution in [2.45, 2.75) is 98.8 Å². The Morgan fingerprint density at radius 1 is 0.778 bits per heavy atom. The third-order valence-electron chi connectivity index (χ3n) is 4.83. The number of nitrogens with one attached hydrogen (secondary N) is 1. The van der Waals surface area contributed by atoms with Crippen LogP contribution in [0.25, 0.3) is 0 Å². The Hall–Kier alpha value is -0.710. The quantitative estimate of drug-likeness (QED) is 0.242. The average molecular weight is 401 g/mol. The monoisotopic (exact) mass is 400 g/mol. The Morgan fingerprint density at radius 2 is 1.33 bits per heavy atom. The van der Waals surface area contributed by atoms with Gasteiger partial charge in [0.25, 0.3) is 0 Å². The fourth-order valence-corrected chi connectivity index (χ4v) is 3.91. The second-order valence-electron chi connectivity index (χ2n) is 7.10. The number of carbonyl (C=O) groups excluding carboxylic acids is 1. The molecule has 160 valence electrons. The fourth-order valence-electron chi connectivity index (χ4n) is 3.11. The van der Waals surface area contributed by atoms with Gasteiger partial charge in [0, 0.05) is 18.8 Å². The molecule has 0 fully saturated rings. The number of amidine groups is 1. The van der Waals surface area contributed by atoms with Crippen molar-refractivity contribution in [2.75, 3.05) is 31.9 Å². The average Bonchev–Trinajstić information content (AvgIpc) is 2.67. The number of nitrogens with zero attached hydrogens (tertiary/aromatic N) is 2. The molecule has 0 heterocycles. The highest BCUT2D eigenvalue weighted by molar-refractivity contribution is 8.13. The van der Waals surface area contributed by atoms with Gasteiger partial charge in [0.15, 0.2) is 0 Å². The molecule has 5 heteroatoms. The van der Waals surface area contributed by atoms with Gasteiger partial charge in [-0.15, -0.1) is 0 Å². The molecular weight excluding hydrogens is 354 g/mol. The molecule has 0 rings (SSSR count). The zero-order chi connectivity index (χ0) is 20.3. The van der Waals surface area contributed by atoms with Crippen molar-refractivity contribution in [1.29, 1.82) is 0 Å². The first-order valence-corrected chi connectivity index (χ1v) is 12.4. The summed E-state index contributed by atoms with van der Waals surface area (Å²) in [7, 11) is 0. The molecule has 0 spiro atoms. The molecule has 0 aliphatic rings. The molecule has 0 aromatic carbocycles. The Bertz CT molecular complexity index is 384. The standard InChI is InChI=1S/C22H45N3OS/c1-6-11-13-15-17-19-23-21(27-10-5)25(20-18-16-14-12-7-2)22(26)24(8-3)9-4/h6-20H2,1-5H3/p+1. The molecule has 0 aliphatic heterocycles. The number of unbranched alkanes of at least 4 members (excludes halogenated alkanes) is 8. The Morgan fingerprint density at radius 3 is 1.85 bits per heavy atom. The largest absolute Gasteiger partial charge is 0.411 e. The van der Waals surface area contributed by atoms with Crippen molar-refractivity contribution >= 4 is 23.0 Å². The van der Waals surface area contributed by atoms with Gasteiger partial charge in [-0.25, -0.2) is 4.79 Å². The number of hydrogen-bond donors (Lipinski definition) is 1. The van der Waals surface area contributed by atoms with Gasteiger partial charge in [-0.3, -0.25) is 4.99 Å². The maximum atomic E-state index is 13.1. The highest BCUT2D eigenvalue weighted by atomic mass is 32.2. The van der Waals surface area contributed by atoms with Crippen LogP contribution in [0.2, 0.25) is 0 Å². The summed E-state index contributed by atoms with van der Waals surface area (Å²) in [4.78, 5) is 20.6. The van der Waals surface area contributed by atoms with Gasteiger partial charge in [-0.1, -0.05) is 59.3 Å². The topological polar surface area (TPSA) is 37.5 Å². The summed E-state index contributed by atoms with van der Waals surface area (Å²) in [6, 6.07) is 0.157. The van der Waals surface area contributed by atoms with Crippen molar-refractivity contribution in [3.8, 4) is 0 Å². The van der Waals surface area contributed by atoms with E-state index < -0.39 is 0 Å². The van der Waals surface area contributed by atoms with Crippen LogP contribution in [0, 0.1) is 0 Å². The number of carbonyl (C=O) groups is 1. The lowest BCUT2D eigenvalue weighted by Gasteiger charge is -2.24. The zero-order valence-electron chi connectivity index (χ0n) is 18.8. The van der Waals surface area contributed by atoms with Crippen LogP contribution in [0.5, 0.6) is 0 Å². The minimum atomic E-state index is 0.157. The first-order chi connectivity index (χ1) is 13.2. The van der Waals surface area contributed by atoms with Crippen LogP contribution in [0.3, 0.4) is 0 Å². The van der Waals surface area contributed by atoms with E-state index in [2.05, 4.69) is 39.6 Å². The van der Waals surface area contributed by atoms with Crippen LogP contribution in [0.4, 0.5) is 4.79 Å². The van der Waals surface area contributed by atoms with Gasteiger partial charge < -0.3 is 4.90 Å². The maximum Gasteiger partial charge on any atom is 0.411 e. The third-order valence-corrected chi connectivity index (χ3v) is 5.76. The van der Waals surface area contributed by atoms with Crippen LogP contribution in [0.1, 0.15) is 98.8 Å². The predicted octanol–water partition coefficient (Wildman–Crippen LogP) is 4.88. The number of rotatable bonds is 15. The van der Waals surface area contributed by atoms with Crippen LogP contribution in [-0.2, 0) is 0 Å². The van der Waals surface area contributed by atoms with Crippen molar-refractivity contribution in [1.82, 2.24) is 9.80 Å². The molecule has 1 N–H and O–H groups in total. The molecule has 2 amide bonds. The molecule has 27 heavy (non-hydrogen) atoms. The molecule has 0 bridgehead atoms. The van der Waals surface area contributed by atoms with Gasteiger partial charge in [-0.05, 0) is 51.3 Å². The van der Waals surface area contributed by atoms with E-state index in [1.54, 1.807) is 11.8 Å². The summed E-state index contributed by atoms with van der Waals surface area (Å²) in [5.74, 6) is 0.982. The Kier molecular flexibility index (Phi) is 18.2. The van der Waals surface area contributed by atoms with Crippen LogP contribution >= 0.6 is 11.8 Å². The minimum Gasteiger partial charge on any atom is -0.305 e. The molecule has 0 atom stereocenters. The molecule has 4 nitrogen and oxygen atoms in total. The SMILES string of the molecule is CCCCCCC[NH+]=C(SCC)N(CCCCCCC)C(=O)N(CC)CC. The van der Waals surface area contributed by atoms with Gasteiger partial charge in [0.2, 0.25) is 0 Å². The fraction of sp³-hybridized carbons (Fsp3) is 0.909. The van der Waals surface area contributed by atoms with Crippen molar-refractivity contribution in [3.63, 3.8) is 0 Å². The summed E-state index contributed by atoms with van der Waals surface area (Å²) in [6.07, 6.45) is 12.5. The summed E-state index contributed by atoms with van der Waals surface area (Å²) in [6.45, 7) is 14.1. The Labute approximate surface area is 173 Å². The number of thioether (sulfide) groups is 1. The van der Waals surface area contributed by atoms with E-state index in [9.17, 15) is 4.79 Å². The number of hydrogen-bond acceptors (Lipinski definition) is 2. The van der Waals surface area contributed by atoms with Crippen LogP contribution < -0.4 is 4.99 Å². The normalized spacial score (nSPS) is 11.7. The van der Waals surface area contributed by atoms with E-state index in [0.717, 1.165) is 43.5 Å². The molecule has 0 saturated heterocycles. The third kappa shape index (κ3) is 12.4. The smallest absolute Gasteiger partial charge is 0.305 e. The molecule has 0 aromatic heterocycles. The molecule has 0 aromatic rings. The summed E-state index contributed by atoms with van der Waals surface area (Å²) < 4.78 is 0. The minimum absolute atomic E-state index is 0.157. The van der Waals surface area contributed by atoms with Gasteiger partial charge in [-0.2, -0.15) is 4.90 Å². The maximum absolute atomic E-state index is 13.1. The molecule has 0 unspecified atom stereocenters. The molecular formula is C22H46N3OS+. The number of amides is 2. The number of urea groups is 1. The van der Waals surface area contributed by atoms with E-state index in [4.69, 9.17) is 0 Å². The first-order valence-electron chi connectivity index (χ1n) is 11.5. The van der Waals surface area contributed by atoms with E-state index >= 15 is 0 Å². The molecule has 0 radical (unpaired) electrons. The van der Waals surface area contributed by atoms with Gasteiger partial charge >= 0.3 is 11.2 Å². The second-order valence-corrected chi connectivity index (χ2v) is 8.35. The van der Waals surface area contributed by atoms with Crippen LogP contribution in [0.15, 0.2) is 0 Å². The predicted molar refractivity (Wildman–Crippen MR) is 122 cm³/mol. The second kappa shape index (κ2) is 18.6. The van der Waals surface area contributed by atoms with E-state index in [1.165, 1.54) is 57.8 Å². The highest BCUT2D eigenvalue weighted by Gasteiger charge is 2.30. The van der Waals surface area contributed by atoms with Gasteiger partial charge in [0.05, 0.1) is 13.1 Å².